The lowest BCUT2D eigenvalue weighted by molar-refractivity contribution is -0.282. The van der Waals surface area contributed by atoms with Crippen molar-refractivity contribution in [2.24, 2.45) is 0 Å². The average molecular weight is 1100 g/mol. The van der Waals surface area contributed by atoms with E-state index in [1.165, 1.54) is 0 Å². The molecule has 0 aromatic heterocycles. The van der Waals surface area contributed by atoms with Gasteiger partial charge in [-0.2, -0.15) is 0 Å². The minimum absolute atomic E-state index is 0.281. The van der Waals surface area contributed by atoms with Crippen molar-refractivity contribution >= 4 is 35.8 Å². The molecule has 3 heterocycles. The van der Waals surface area contributed by atoms with E-state index in [1.54, 1.807) is 0 Å². The number of ether oxygens (including phenoxy) is 7. The number of carboxylic acids is 1. The first-order valence-electron chi connectivity index (χ1n) is 21.7. The molecule has 0 aliphatic carbocycles. The topological polar surface area (TPSA) is 531 Å². The summed E-state index contributed by atoms with van der Waals surface area (Å²) in [5.74, 6) is -37.6. The molecule has 0 saturated carbocycles. The molecule has 6 aromatic rings. The predicted molar refractivity (Wildman–Crippen MR) is 244 cm³/mol. The number of rotatable bonds is 5. The number of carbonyl (C=O) groups excluding carboxylic acids is 5. The lowest BCUT2D eigenvalue weighted by atomic mass is 9.91. The molecule has 1 fully saturated rings. The fourth-order valence-corrected chi connectivity index (χ4v) is 8.52. The average Bonchev–Trinajstić information content (AvgIpc) is 3.68. The Morgan fingerprint density at radius 1 is 0.418 bits per heavy atom. The van der Waals surface area contributed by atoms with Crippen LogP contribution in [0.2, 0.25) is 0 Å². The monoisotopic (exact) mass is 1100 g/mol. The number of carboxylic acid groups (broad SMARTS) is 1. The van der Waals surface area contributed by atoms with Crippen LogP contribution in [-0.4, -0.2) is 165 Å². The van der Waals surface area contributed by atoms with Crippen LogP contribution in [-0.2, 0) is 28.4 Å². The highest BCUT2D eigenvalue weighted by Gasteiger charge is 2.56. The molecule has 0 radical (unpaired) electrons. The number of aromatic carboxylic acids is 1. The van der Waals surface area contributed by atoms with Crippen LogP contribution in [0.1, 0.15) is 62.1 Å². The Kier molecular flexibility index (Phi) is 12.4. The molecule has 410 valence electrons. The molecule has 3 aliphatic heterocycles. The Hall–Kier alpha value is -11.5. The van der Waals surface area contributed by atoms with Gasteiger partial charge >= 0.3 is 35.8 Å². The van der Waals surface area contributed by atoms with Crippen LogP contribution < -0.4 is 4.74 Å². The molecule has 6 aromatic carbocycles. The Morgan fingerprint density at radius 2 is 0.810 bits per heavy atom. The predicted octanol–water partition coefficient (Wildman–Crippen LogP) is 2.55. The largest absolute Gasteiger partial charge is 0.504 e. The summed E-state index contributed by atoms with van der Waals surface area (Å²) >= 11 is 0. The second kappa shape index (κ2) is 18.7. The van der Waals surface area contributed by atoms with E-state index in [4.69, 9.17) is 33.2 Å². The molecule has 5 atom stereocenters. The van der Waals surface area contributed by atoms with Crippen molar-refractivity contribution in [3.63, 3.8) is 0 Å². The summed E-state index contributed by atoms with van der Waals surface area (Å²) in [7, 11) is 0. The van der Waals surface area contributed by atoms with E-state index in [1.807, 2.05) is 0 Å². The number of phenols is 17. The third kappa shape index (κ3) is 8.40. The summed E-state index contributed by atoms with van der Waals surface area (Å²) < 4.78 is 39.2. The SMILES string of the molecule is O=C(OC1OC2COC(=O)c3cc(O)c(O)c(O)c3-c3c(cc(O)c(Oc4c(C(=O)O)cc(O)c(O)c4O)c3O)C(=O)OC2C2OC(=O)c3cc(O)c(O)c(O)c3-c3c(cc(O)c(O)c3O)C(=O)OC12)c1cc(O)c(O)c(O)c1. The number of hydrogen-bond donors (Lipinski definition) is 18. The number of cyclic esters (lactones) is 1. The maximum absolute atomic E-state index is 14.9. The van der Waals surface area contributed by atoms with Gasteiger partial charge in [0.25, 0.3) is 0 Å². The van der Waals surface area contributed by atoms with Gasteiger partial charge in [-0.3, -0.25) is 0 Å². The van der Waals surface area contributed by atoms with E-state index in [2.05, 4.69) is 0 Å². The van der Waals surface area contributed by atoms with Crippen LogP contribution in [0.15, 0.2) is 42.5 Å². The molecular weight excluding hydrogens is 1070 g/mol. The minimum atomic E-state index is -2.65. The Balaban J connectivity index is 1.28. The van der Waals surface area contributed by atoms with Crippen LogP contribution in [0.3, 0.4) is 0 Å². The molecule has 79 heavy (non-hydrogen) atoms. The molecule has 0 amide bonds. The van der Waals surface area contributed by atoms with E-state index in [0.29, 0.717) is 36.4 Å². The molecule has 9 rings (SSSR count). The second-order valence-corrected chi connectivity index (χ2v) is 16.9. The normalized spacial score (nSPS) is 18.7. The van der Waals surface area contributed by atoms with Crippen LogP contribution in [0.4, 0.5) is 0 Å². The smallest absolute Gasteiger partial charge is 0.340 e. The van der Waals surface area contributed by atoms with Crippen molar-refractivity contribution in [1.82, 2.24) is 0 Å². The molecule has 5 unspecified atom stereocenters. The van der Waals surface area contributed by atoms with Crippen molar-refractivity contribution in [2.75, 3.05) is 6.61 Å². The standard InChI is InChI=1S/C48H32O31/c49-15-1-9(2-16(50)27(15)56)43(68)79-48-41-40(77-46(71)11-4-18(52)29(58)33(62)24(11)25-12(47(72)78-41)5-19(53)30(59)34(25)63)39-22(74-48)8-73-44(69)10-3-17(51)28(57)32(61)23(10)26-13(45(70)76-39)6-21(55)38(35(26)64)75-37-14(42(66)67)7-20(54)31(60)36(37)65/h1-7,22,39-41,48-65H,8H2,(H,66,67). The summed E-state index contributed by atoms with van der Waals surface area (Å²) in [6.07, 6.45) is -12.8. The molecule has 3 aliphatic rings. The maximum Gasteiger partial charge on any atom is 0.340 e. The minimum Gasteiger partial charge on any atom is -0.504 e. The van der Waals surface area contributed by atoms with E-state index >= 15 is 0 Å². The van der Waals surface area contributed by atoms with Crippen LogP contribution in [0.5, 0.6) is 109 Å². The lowest BCUT2D eigenvalue weighted by Gasteiger charge is -2.44. The highest BCUT2D eigenvalue weighted by Crippen LogP contribution is 2.57. The highest BCUT2D eigenvalue weighted by molar-refractivity contribution is 6.10. The van der Waals surface area contributed by atoms with Gasteiger partial charge in [-0.15, -0.1) is 0 Å². The molecule has 0 spiro atoms. The van der Waals surface area contributed by atoms with E-state index in [-0.39, 0.29) is 6.07 Å². The quantitative estimate of drug-likeness (QED) is 0.0670. The summed E-state index contributed by atoms with van der Waals surface area (Å²) in [4.78, 5) is 84.4. The summed E-state index contributed by atoms with van der Waals surface area (Å²) in [5.41, 5.74) is -11.6. The fraction of sp³-hybridized carbons (Fsp3) is 0.125. The molecule has 31 nitrogen and oxygen atoms in total. The third-order valence-corrected chi connectivity index (χ3v) is 12.2. The first-order chi connectivity index (χ1) is 37.1. The molecule has 0 bridgehead atoms. The van der Waals surface area contributed by atoms with Crippen LogP contribution in [0.25, 0.3) is 22.3 Å². The third-order valence-electron chi connectivity index (χ3n) is 12.2. The van der Waals surface area contributed by atoms with Crippen molar-refractivity contribution in [3.05, 3.63) is 75.8 Å². The fourth-order valence-electron chi connectivity index (χ4n) is 8.52. The van der Waals surface area contributed by atoms with Gasteiger partial charge in [0.1, 0.15) is 18.3 Å². The van der Waals surface area contributed by atoms with Crippen molar-refractivity contribution in [1.29, 1.82) is 0 Å². The summed E-state index contributed by atoms with van der Waals surface area (Å²) in [5, 5.41) is 192. The first-order valence-corrected chi connectivity index (χ1v) is 21.7. The zero-order chi connectivity index (χ0) is 57.7. The van der Waals surface area contributed by atoms with Crippen LogP contribution in [0, 0.1) is 0 Å². The summed E-state index contributed by atoms with van der Waals surface area (Å²) in [6.45, 7) is -1.37. The van der Waals surface area contributed by atoms with E-state index in [9.17, 15) is 121 Å². The number of phenolic OH excluding ortho intramolecular Hbond substituents is 17. The summed E-state index contributed by atoms with van der Waals surface area (Å²) in [6, 6.07) is 2.77. The van der Waals surface area contributed by atoms with Gasteiger partial charge in [-0.05, 0) is 36.4 Å². The molecule has 18 N–H and O–H groups in total. The number of benzene rings is 6. The maximum atomic E-state index is 14.9. The van der Waals surface area contributed by atoms with Gasteiger partial charge in [0.05, 0.1) is 27.8 Å². The molecular formula is C48H32O31. The van der Waals surface area contributed by atoms with Crippen molar-refractivity contribution in [3.8, 4) is 131 Å². The number of fused-ring (bicyclic) bond motifs is 9. The lowest BCUT2D eigenvalue weighted by Crippen LogP contribution is -2.63. The Bertz CT molecular complexity index is 3710. The van der Waals surface area contributed by atoms with E-state index in [0.717, 1.165) is 0 Å². The van der Waals surface area contributed by atoms with Gasteiger partial charge in [0, 0.05) is 28.3 Å². The molecule has 31 heteroatoms. The van der Waals surface area contributed by atoms with Gasteiger partial charge in [-0.1, -0.05) is 0 Å². The zero-order valence-corrected chi connectivity index (χ0v) is 38.5. The Morgan fingerprint density at radius 3 is 1.29 bits per heavy atom. The van der Waals surface area contributed by atoms with Crippen LogP contribution >= 0.6 is 0 Å². The van der Waals surface area contributed by atoms with Crippen molar-refractivity contribution < 1.29 is 154 Å². The molecule has 1 saturated heterocycles. The van der Waals surface area contributed by atoms with E-state index < -0.39 is 238 Å². The van der Waals surface area contributed by atoms with Gasteiger partial charge < -0.3 is 125 Å². The first kappa shape index (κ1) is 52.4. The van der Waals surface area contributed by atoms with Gasteiger partial charge in [0.2, 0.25) is 46.9 Å². The second-order valence-electron chi connectivity index (χ2n) is 16.9. The number of hydrogen-bond acceptors (Lipinski definition) is 30. The van der Waals surface area contributed by atoms with Crippen molar-refractivity contribution in [2.45, 2.75) is 30.7 Å². The van der Waals surface area contributed by atoms with Gasteiger partial charge in [0.15, 0.2) is 87.0 Å². The zero-order valence-electron chi connectivity index (χ0n) is 38.5. The Labute approximate surface area is 433 Å². The highest BCUT2D eigenvalue weighted by atomic mass is 16.7. The number of aromatic hydroxyl groups is 17. The number of esters is 5. The van der Waals surface area contributed by atoms with Gasteiger partial charge in [-0.25, -0.2) is 28.8 Å². The number of carbonyl (C=O) groups is 6.